The van der Waals surface area contributed by atoms with Gasteiger partial charge in [0.1, 0.15) is 12.2 Å². The second kappa shape index (κ2) is 18.1. The van der Waals surface area contributed by atoms with Crippen molar-refractivity contribution in [3.8, 4) is 0 Å². The van der Waals surface area contributed by atoms with Crippen LogP contribution in [0, 0.1) is 0 Å². The van der Waals surface area contributed by atoms with Crippen LogP contribution in [0.1, 0.15) is 44.7 Å². The van der Waals surface area contributed by atoms with Crippen LogP contribution in [0.15, 0.2) is 97.1 Å². The summed E-state index contributed by atoms with van der Waals surface area (Å²) >= 11 is 0. The summed E-state index contributed by atoms with van der Waals surface area (Å²) in [7, 11) is 1.37. The van der Waals surface area contributed by atoms with Crippen molar-refractivity contribution in [1.82, 2.24) is 5.32 Å². The molecule has 15 heteroatoms. The number of allylic oxidation sites excluding steroid dienone is 2. The number of hydrogen-bond acceptors (Lipinski definition) is 8. The first-order valence-electron chi connectivity index (χ1n) is 15.5. The van der Waals surface area contributed by atoms with Gasteiger partial charge in [-0.15, -0.1) is 0 Å². The van der Waals surface area contributed by atoms with Crippen LogP contribution in [0.5, 0.6) is 0 Å². The molecule has 51 heavy (non-hydrogen) atoms. The lowest BCUT2D eigenvalue weighted by atomic mass is 9.92. The van der Waals surface area contributed by atoms with Crippen LogP contribution in [-0.4, -0.2) is 73.9 Å². The number of alkyl halides is 6. The number of unbranched alkanes of at least 4 members (excludes halogenated alkanes) is 1. The number of methoxy groups -OCH3 is 2. The molecule has 0 bridgehead atoms. The summed E-state index contributed by atoms with van der Waals surface area (Å²) in [5.41, 5.74) is -9.30. The molecule has 0 unspecified atom stereocenters. The molecule has 2 N–H and O–H groups in total. The Morgan fingerprint density at radius 3 is 1.61 bits per heavy atom. The number of rotatable bonds is 17. The summed E-state index contributed by atoms with van der Waals surface area (Å²) in [6, 6.07) is 12.1. The zero-order valence-electron chi connectivity index (χ0n) is 28.6. The molecule has 0 saturated carbocycles. The molecule has 0 spiro atoms. The maximum absolute atomic E-state index is 14.5. The van der Waals surface area contributed by atoms with Gasteiger partial charge in [0, 0.05) is 31.9 Å². The number of nitrogens with one attached hydrogen (secondary N) is 1. The normalized spacial score (nSPS) is 16.4. The molecule has 2 rings (SSSR count). The average molecular weight is 730 g/mol. The van der Waals surface area contributed by atoms with Crippen LogP contribution >= 0.6 is 0 Å². The van der Waals surface area contributed by atoms with Gasteiger partial charge in [0.2, 0.25) is 5.91 Å². The molecule has 280 valence electrons. The molecule has 0 aliphatic heterocycles. The van der Waals surface area contributed by atoms with Crippen molar-refractivity contribution in [1.29, 1.82) is 0 Å². The molecular weight excluding hydrogens is 688 g/mol. The standard InChI is InChI=1S/C36H41F6NO8/c1-25(50-30(45)33(48-4,35(37,38)39)26-16-10-8-11-17-26)22-23-28(20-14-6-7-15-21-29(44)43-24-32(2,3)47)51-31(46)34(49-5,36(40,41)42)27-18-12-9-13-19-27/h8-23,25,28,47H,6-7,24H2,1-5H3,(H,43,44)/b20-14-,21-15+,23-22-/t25-,28+,33-,34-/m0/s1. The summed E-state index contributed by atoms with van der Waals surface area (Å²) < 4.78 is 106. The third kappa shape index (κ3) is 11.3. The van der Waals surface area contributed by atoms with Gasteiger partial charge in [0.15, 0.2) is 0 Å². The predicted molar refractivity (Wildman–Crippen MR) is 174 cm³/mol. The number of ether oxygens (including phenoxy) is 4. The van der Waals surface area contributed by atoms with E-state index in [1.165, 1.54) is 81.5 Å². The van der Waals surface area contributed by atoms with E-state index >= 15 is 0 Å². The second-order valence-corrected chi connectivity index (χ2v) is 11.8. The van der Waals surface area contributed by atoms with Gasteiger partial charge in [-0.05, 0) is 57.9 Å². The van der Waals surface area contributed by atoms with E-state index in [1.807, 2.05) is 0 Å². The molecule has 2 aromatic carbocycles. The van der Waals surface area contributed by atoms with Crippen LogP contribution in [0.2, 0.25) is 0 Å². The van der Waals surface area contributed by atoms with Gasteiger partial charge in [-0.2, -0.15) is 26.3 Å². The number of amides is 1. The summed E-state index contributed by atoms with van der Waals surface area (Å²) in [5, 5.41) is 12.2. The van der Waals surface area contributed by atoms with E-state index in [0.29, 0.717) is 14.2 Å². The average Bonchev–Trinajstić information content (AvgIpc) is 3.04. The van der Waals surface area contributed by atoms with Crippen molar-refractivity contribution in [3.63, 3.8) is 0 Å². The zero-order valence-corrected chi connectivity index (χ0v) is 28.6. The van der Waals surface area contributed by atoms with Gasteiger partial charge in [-0.25, -0.2) is 9.59 Å². The summed E-state index contributed by atoms with van der Waals surface area (Å²) in [6.45, 7) is 4.21. The first kappa shape index (κ1) is 42.7. The third-order valence-electron chi connectivity index (χ3n) is 7.24. The van der Waals surface area contributed by atoms with Gasteiger partial charge in [-0.1, -0.05) is 72.8 Å². The Morgan fingerprint density at radius 1 is 0.725 bits per heavy atom. The lowest BCUT2D eigenvalue weighted by Crippen LogP contribution is -2.52. The number of esters is 2. The van der Waals surface area contributed by atoms with Crippen LogP contribution in [0.4, 0.5) is 26.3 Å². The molecule has 0 fully saturated rings. The van der Waals surface area contributed by atoms with Crippen molar-refractivity contribution in [3.05, 3.63) is 108 Å². The highest BCUT2D eigenvalue weighted by molar-refractivity contribution is 5.87. The number of hydrogen-bond donors (Lipinski definition) is 2. The van der Waals surface area contributed by atoms with Gasteiger partial charge in [0.05, 0.1) is 5.60 Å². The monoisotopic (exact) mass is 729 g/mol. The van der Waals surface area contributed by atoms with E-state index in [9.17, 15) is 45.8 Å². The number of aliphatic hydroxyl groups is 1. The Morgan fingerprint density at radius 2 is 1.18 bits per heavy atom. The summed E-state index contributed by atoms with van der Waals surface area (Å²) in [4.78, 5) is 38.3. The minimum Gasteiger partial charge on any atom is -0.456 e. The molecule has 0 heterocycles. The lowest BCUT2D eigenvalue weighted by molar-refractivity contribution is -0.278. The summed E-state index contributed by atoms with van der Waals surface area (Å²) in [6.07, 6.45) is -5.69. The van der Waals surface area contributed by atoms with Crippen LogP contribution < -0.4 is 5.32 Å². The highest BCUT2D eigenvalue weighted by atomic mass is 19.4. The van der Waals surface area contributed by atoms with Crippen molar-refractivity contribution in [2.75, 3.05) is 20.8 Å². The summed E-state index contributed by atoms with van der Waals surface area (Å²) in [5.74, 6) is -4.14. The molecule has 9 nitrogen and oxygen atoms in total. The van der Waals surface area contributed by atoms with Gasteiger partial charge < -0.3 is 29.4 Å². The van der Waals surface area contributed by atoms with E-state index in [4.69, 9.17) is 18.9 Å². The van der Waals surface area contributed by atoms with E-state index in [1.54, 1.807) is 0 Å². The third-order valence-corrected chi connectivity index (χ3v) is 7.24. The van der Waals surface area contributed by atoms with Gasteiger partial charge >= 0.3 is 24.3 Å². The molecule has 4 atom stereocenters. The lowest BCUT2D eigenvalue weighted by Gasteiger charge is -2.33. The molecule has 2 aromatic rings. The van der Waals surface area contributed by atoms with E-state index < -0.39 is 70.3 Å². The molecular formula is C36H41F6NO8. The molecule has 1 amide bonds. The molecule has 0 radical (unpaired) electrons. The molecule has 0 aliphatic carbocycles. The van der Waals surface area contributed by atoms with Gasteiger partial charge in [0.25, 0.3) is 11.2 Å². The number of carbonyl (C=O) groups is 3. The highest BCUT2D eigenvalue weighted by Crippen LogP contribution is 2.44. The van der Waals surface area contributed by atoms with Crippen molar-refractivity contribution >= 4 is 17.8 Å². The van der Waals surface area contributed by atoms with E-state index in [2.05, 4.69) is 5.32 Å². The van der Waals surface area contributed by atoms with Crippen LogP contribution in [-0.2, 0) is 44.5 Å². The van der Waals surface area contributed by atoms with Crippen LogP contribution in [0.3, 0.4) is 0 Å². The first-order chi connectivity index (χ1) is 23.7. The SMILES string of the molecule is CO[C@](C(=O)O[C@H](/C=C\CC/C=C/C(=O)NCC(C)(C)O)/C=C\[C@H](C)OC(=O)[C@@](OC)(c1ccccc1)C(F)(F)F)(c1ccccc1)C(F)(F)F. The van der Waals surface area contributed by atoms with Crippen molar-refractivity contribution in [2.24, 2.45) is 0 Å². The maximum atomic E-state index is 14.5. The Labute approximate surface area is 291 Å². The highest BCUT2D eigenvalue weighted by Gasteiger charge is 2.65. The smallest absolute Gasteiger partial charge is 0.432 e. The molecule has 0 saturated heterocycles. The number of carbonyl (C=O) groups excluding carboxylic acids is 3. The van der Waals surface area contributed by atoms with Gasteiger partial charge in [-0.3, -0.25) is 4.79 Å². The Hall–Kier alpha value is -4.47. The quantitative estimate of drug-likeness (QED) is 0.0634. The van der Waals surface area contributed by atoms with E-state index in [0.717, 1.165) is 36.4 Å². The Bertz CT molecular complexity index is 1520. The minimum absolute atomic E-state index is 0.00196. The maximum Gasteiger partial charge on any atom is 0.432 e. The zero-order chi connectivity index (χ0) is 38.5. The number of halogens is 6. The fraction of sp³-hybridized carbons (Fsp3) is 0.417. The topological polar surface area (TPSA) is 120 Å². The minimum atomic E-state index is -5.30. The number of benzene rings is 2. The Balaban J connectivity index is 2.37. The molecule has 0 aromatic heterocycles. The first-order valence-corrected chi connectivity index (χ1v) is 15.5. The van der Waals surface area contributed by atoms with E-state index in [-0.39, 0.29) is 19.4 Å². The fourth-order valence-corrected chi connectivity index (χ4v) is 4.66. The largest absolute Gasteiger partial charge is 0.456 e. The van der Waals surface area contributed by atoms with Crippen molar-refractivity contribution in [2.45, 2.75) is 75.0 Å². The van der Waals surface area contributed by atoms with Crippen molar-refractivity contribution < 1.29 is 64.8 Å². The fourth-order valence-electron chi connectivity index (χ4n) is 4.66. The Kier molecular flexibility index (Phi) is 15.2. The second-order valence-electron chi connectivity index (χ2n) is 11.8. The van der Waals surface area contributed by atoms with Crippen LogP contribution in [0.25, 0.3) is 0 Å². The molecule has 0 aliphatic rings. The predicted octanol–water partition coefficient (Wildman–Crippen LogP) is 6.37.